The van der Waals surface area contributed by atoms with Gasteiger partial charge in [0, 0.05) is 0 Å². The van der Waals surface area contributed by atoms with E-state index in [4.69, 9.17) is 23.2 Å². The maximum atomic E-state index is 14.3. The fraction of sp³-hybridized carbons (Fsp3) is 0.333. The van der Waals surface area contributed by atoms with Crippen molar-refractivity contribution in [3.8, 4) is 11.3 Å². The van der Waals surface area contributed by atoms with Crippen LogP contribution < -0.4 is 0 Å². The van der Waals surface area contributed by atoms with Gasteiger partial charge in [-0.25, -0.2) is 18.7 Å². The smallest absolute Gasteiger partial charge is 0.222 e. The molecule has 2 aromatic heterocycles. The molecule has 0 unspecified atom stereocenters. The normalized spacial score (nSPS) is 24.0. The maximum absolute atomic E-state index is 14.3. The Morgan fingerprint density at radius 3 is 2.45 bits per heavy atom. The minimum atomic E-state index is -0.661. The SMILES string of the molecule is CC1(C)[C@H]2CC[C@]1(c1cc(Cl)nc(Cl)n1)c1nnc(-c3c(F)cccc3F)cc12. The Balaban J connectivity index is 1.74. The molecule has 2 bridgehead atoms. The minimum Gasteiger partial charge on any atom is -0.222 e. The molecule has 3 aromatic rings. The van der Waals surface area contributed by atoms with Gasteiger partial charge in [-0.3, -0.25) is 0 Å². The van der Waals surface area contributed by atoms with Gasteiger partial charge < -0.3 is 0 Å². The molecule has 1 aromatic carbocycles. The first-order valence-electron chi connectivity index (χ1n) is 9.29. The third-order valence-corrected chi connectivity index (χ3v) is 7.07. The van der Waals surface area contributed by atoms with Crippen molar-refractivity contribution in [3.63, 3.8) is 0 Å². The van der Waals surface area contributed by atoms with E-state index < -0.39 is 17.0 Å². The van der Waals surface area contributed by atoms with Crippen LogP contribution in [0.25, 0.3) is 11.3 Å². The van der Waals surface area contributed by atoms with Crippen molar-refractivity contribution < 1.29 is 8.78 Å². The van der Waals surface area contributed by atoms with Crippen LogP contribution in [0.1, 0.15) is 49.6 Å². The zero-order chi connectivity index (χ0) is 20.6. The average molecular weight is 433 g/mol. The van der Waals surface area contributed by atoms with Crippen LogP contribution in [-0.2, 0) is 5.41 Å². The summed E-state index contributed by atoms with van der Waals surface area (Å²) < 4.78 is 28.6. The van der Waals surface area contributed by atoms with Gasteiger partial charge in [-0.2, -0.15) is 5.10 Å². The molecular formula is C21H16Cl2F2N4. The predicted octanol–water partition coefficient (Wildman–Crippen LogP) is 5.72. The summed E-state index contributed by atoms with van der Waals surface area (Å²) >= 11 is 12.3. The summed E-state index contributed by atoms with van der Waals surface area (Å²) in [6.45, 7) is 4.30. The Morgan fingerprint density at radius 2 is 1.76 bits per heavy atom. The summed E-state index contributed by atoms with van der Waals surface area (Å²) in [4.78, 5) is 8.43. The Hall–Kier alpha value is -2.18. The summed E-state index contributed by atoms with van der Waals surface area (Å²) in [7, 11) is 0. The highest BCUT2D eigenvalue weighted by atomic mass is 35.5. The third-order valence-electron chi connectivity index (χ3n) is 6.71. The molecule has 2 aliphatic rings. The molecule has 5 rings (SSSR count). The van der Waals surface area contributed by atoms with Crippen molar-refractivity contribution in [1.82, 2.24) is 20.2 Å². The van der Waals surface area contributed by atoms with Gasteiger partial charge >= 0.3 is 0 Å². The van der Waals surface area contributed by atoms with Crippen LogP contribution in [0.4, 0.5) is 8.78 Å². The molecule has 1 fully saturated rings. The van der Waals surface area contributed by atoms with Crippen molar-refractivity contribution in [2.24, 2.45) is 5.41 Å². The molecule has 1 saturated carbocycles. The first-order valence-corrected chi connectivity index (χ1v) is 10.0. The first-order chi connectivity index (χ1) is 13.8. The second kappa shape index (κ2) is 6.16. The van der Waals surface area contributed by atoms with Crippen LogP contribution in [0.5, 0.6) is 0 Å². The van der Waals surface area contributed by atoms with Gasteiger partial charge in [0.05, 0.1) is 28.1 Å². The maximum Gasteiger partial charge on any atom is 0.224 e. The highest BCUT2D eigenvalue weighted by Gasteiger charge is 2.65. The Labute approximate surface area is 176 Å². The molecule has 2 aliphatic carbocycles. The Bertz CT molecular complexity index is 1130. The molecule has 0 N–H and O–H groups in total. The lowest BCUT2D eigenvalue weighted by atomic mass is 9.66. The molecule has 4 nitrogen and oxygen atoms in total. The van der Waals surface area contributed by atoms with E-state index in [0.717, 1.165) is 24.1 Å². The quantitative estimate of drug-likeness (QED) is 0.383. The molecule has 148 valence electrons. The van der Waals surface area contributed by atoms with Crippen molar-refractivity contribution >= 4 is 23.2 Å². The van der Waals surface area contributed by atoms with Crippen LogP contribution in [0.2, 0.25) is 10.4 Å². The highest BCUT2D eigenvalue weighted by Crippen LogP contribution is 2.69. The van der Waals surface area contributed by atoms with Crippen molar-refractivity contribution in [2.75, 3.05) is 0 Å². The van der Waals surface area contributed by atoms with E-state index in [0.29, 0.717) is 5.69 Å². The molecule has 0 amide bonds. The van der Waals surface area contributed by atoms with Gasteiger partial charge in [-0.1, -0.05) is 31.5 Å². The number of halogens is 4. The van der Waals surface area contributed by atoms with E-state index in [9.17, 15) is 8.78 Å². The third kappa shape index (κ3) is 2.42. The van der Waals surface area contributed by atoms with Gasteiger partial charge in [-0.05, 0) is 65.6 Å². The van der Waals surface area contributed by atoms with Crippen LogP contribution in [0, 0.1) is 17.0 Å². The fourth-order valence-corrected chi connectivity index (χ4v) is 5.77. The molecule has 0 aliphatic heterocycles. The summed E-state index contributed by atoms with van der Waals surface area (Å²) in [5, 5.41) is 9.02. The van der Waals surface area contributed by atoms with Crippen LogP contribution in [0.15, 0.2) is 30.3 Å². The zero-order valence-corrected chi connectivity index (χ0v) is 17.2. The summed E-state index contributed by atoms with van der Waals surface area (Å²) in [6, 6.07) is 7.25. The van der Waals surface area contributed by atoms with Crippen molar-refractivity contribution in [1.29, 1.82) is 0 Å². The molecule has 0 spiro atoms. The lowest BCUT2D eigenvalue weighted by Gasteiger charge is -2.37. The predicted molar refractivity (Wildman–Crippen MR) is 106 cm³/mol. The van der Waals surface area contributed by atoms with Gasteiger partial charge in [0.15, 0.2) is 0 Å². The summed E-state index contributed by atoms with van der Waals surface area (Å²) in [5.41, 5.74) is 1.65. The van der Waals surface area contributed by atoms with Gasteiger partial charge in [0.25, 0.3) is 0 Å². The number of rotatable bonds is 2. The second-order valence-electron chi connectivity index (χ2n) is 8.19. The van der Waals surface area contributed by atoms with Crippen LogP contribution >= 0.6 is 23.2 Å². The lowest BCUT2D eigenvalue weighted by molar-refractivity contribution is 0.242. The number of benzene rings is 1. The lowest BCUT2D eigenvalue weighted by Crippen LogP contribution is -2.38. The zero-order valence-electron chi connectivity index (χ0n) is 15.7. The van der Waals surface area contributed by atoms with E-state index in [1.54, 1.807) is 12.1 Å². The molecule has 0 saturated heterocycles. The van der Waals surface area contributed by atoms with E-state index in [-0.39, 0.29) is 33.0 Å². The first kappa shape index (κ1) is 18.8. The Morgan fingerprint density at radius 1 is 1.03 bits per heavy atom. The summed E-state index contributed by atoms with van der Waals surface area (Å²) in [5.74, 6) is -1.18. The van der Waals surface area contributed by atoms with Crippen LogP contribution in [0.3, 0.4) is 0 Å². The largest absolute Gasteiger partial charge is 0.224 e. The highest BCUT2D eigenvalue weighted by molar-refractivity contribution is 6.31. The molecule has 2 atom stereocenters. The van der Waals surface area contributed by atoms with Gasteiger partial charge in [0.1, 0.15) is 16.8 Å². The van der Waals surface area contributed by atoms with E-state index in [1.165, 1.54) is 18.2 Å². The van der Waals surface area contributed by atoms with Crippen LogP contribution in [-0.4, -0.2) is 20.2 Å². The number of nitrogens with zero attached hydrogens (tertiary/aromatic N) is 4. The van der Waals surface area contributed by atoms with E-state index in [2.05, 4.69) is 34.0 Å². The number of hydrogen-bond donors (Lipinski definition) is 0. The topological polar surface area (TPSA) is 51.6 Å². The van der Waals surface area contributed by atoms with Gasteiger partial charge in [-0.15, -0.1) is 5.10 Å². The van der Waals surface area contributed by atoms with Crippen molar-refractivity contribution in [2.45, 2.75) is 38.0 Å². The molecule has 0 radical (unpaired) electrons. The van der Waals surface area contributed by atoms with E-state index in [1.807, 2.05) is 0 Å². The standard InChI is InChI=1S/C21H16Cl2F2N4/c1-20(2)11-6-7-21(20,15-9-16(22)27-19(23)26-15)18-10(11)8-14(28-29-18)17-12(24)4-3-5-13(17)25/h3-5,8-9,11H,6-7H2,1-2H3/t11-,21-/m0/s1. The molecule has 2 heterocycles. The summed E-state index contributed by atoms with van der Waals surface area (Å²) in [6.07, 6.45) is 1.70. The molecular weight excluding hydrogens is 417 g/mol. The van der Waals surface area contributed by atoms with E-state index >= 15 is 0 Å². The van der Waals surface area contributed by atoms with Crippen molar-refractivity contribution in [3.05, 3.63) is 69.4 Å². The number of fused-ring (bicyclic) bond motifs is 5. The molecule has 29 heavy (non-hydrogen) atoms. The fourth-order valence-electron chi connectivity index (χ4n) is 5.37. The van der Waals surface area contributed by atoms with Gasteiger partial charge in [0.2, 0.25) is 5.28 Å². The number of aromatic nitrogens is 4. The molecule has 8 heteroatoms. The monoisotopic (exact) mass is 432 g/mol. The average Bonchev–Trinajstić information content (AvgIpc) is 3.02. The number of hydrogen-bond acceptors (Lipinski definition) is 4. The minimum absolute atomic E-state index is 0.0765. The second-order valence-corrected chi connectivity index (χ2v) is 8.92. The Kier molecular flexibility index (Phi) is 4.00.